The highest BCUT2D eigenvalue weighted by molar-refractivity contribution is 7.89. The molecule has 1 rings (SSSR count). The Labute approximate surface area is 82.5 Å². The van der Waals surface area contributed by atoms with Crippen molar-refractivity contribution in [1.29, 1.82) is 0 Å². The van der Waals surface area contributed by atoms with Gasteiger partial charge in [-0.3, -0.25) is 4.72 Å². The molecule has 1 aromatic carbocycles. The SMILES string of the molecule is C=C(N)NS(=O)(=O)c1ccc(N)cc1. The topological polar surface area (TPSA) is 98.2 Å². The van der Waals surface area contributed by atoms with Crippen molar-refractivity contribution < 1.29 is 8.42 Å². The summed E-state index contributed by atoms with van der Waals surface area (Å²) in [5.41, 5.74) is 11.0. The predicted octanol–water partition coefficient (Wildman–Crippen LogP) is -0.0230. The first kappa shape index (κ1) is 10.4. The smallest absolute Gasteiger partial charge is 0.262 e. The lowest BCUT2D eigenvalue weighted by molar-refractivity contribution is 0.588. The van der Waals surface area contributed by atoms with E-state index in [0.717, 1.165) is 0 Å². The third-order valence-electron chi connectivity index (χ3n) is 1.46. The molecular weight excluding hydrogens is 202 g/mol. The zero-order valence-electron chi connectivity index (χ0n) is 7.40. The molecule has 0 saturated carbocycles. The van der Waals surface area contributed by atoms with Gasteiger partial charge in [-0.05, 0) is 24.3 Å². The number of sulfonamides is 1. The second-order valence-corrected chi connectivity index (χ2v) is 4.38. The summed E-state index contributed by atoms with van der Waals surface area (Å²) in [4.78, 5) is 0.0956. The molecule has 0 heterocycles. The maximum Gasteiger partial charge on any atom is 0.262 e. The molecule has 0 radical (unpaired) electrons. The van der Waals surface area contributed by atoms with Crippen LogP contribution in [0.15, 0.2) is 41.6 Å². The highest BCUT2D eigenvalue weighted by Gasteiger charge is 2.12. The third kappa shape index (κ3) is 2.40. The number of hydrogen-bond donors (Lipinski definition) is 3. The van der Waals surface area contributed by atoms with Gasteiger partial charge in [-0.25, -0.2) is 8.42 Å². The number of nitrogen functional groups attached to an aromatic ring is 1. The number of rotatable bonds is 3. The standard InChI is InChI=1S/C8H11N3O2S/c1-6(9)11-14(12,13)8-4-2-7(10)3-5-8/h2-5,11H,1,9-10H2. The van der Waals surface area contributed by atoms with Crippen LogP contribution in [0.1, 0.15) is 0 Å². The second kappa shape index (κ2) is 3.59. The first-order valence-corrected chi connectivity index (χ1v) is 5.23. The van der Waals surface area contributed by atoms with Gasteiger partial charge in [0.1, 0.15) is 5.82 Å². The molecule has 6 heteroatoms. The van der Waals surface area contributed by atoms with E-state index in [-0.39, 0.29) is 10.7 Å². The first-order valence-electron chi connectivity index (χ1n) is 3.74. The van der Waals surface area contributed by atoms with Crippen LogP contribution in [-0.4, -0.2) is 8.42 Å². The van der Waals surface area contributed by atoms with Gasteiger partial charge in [0, 0.05) is 5.69 Å². The minimum atomic E-state index is -3.61. The molecule has 1 aromatic rings. The van der Waals surface area contributed by atoms with Crippen LogP contribution in [0.2, 0.25) is 0 Å². The van der Waals surface area contributed by atoms with Crippen LogP contribution in [0.5, 0.6) is 0 Å². The minimum absolute atomic E-state index is 0.0956. The molecule has 0 atom stereocenters. The van der Waals surface area contributed by atoms with E-state index in [1.165, 1.54) is 24.3 Å². The molecule has 14 heavy (non-hydrogen) atoms. The summed E-state index contributed by atoms with van der Waals surface area (Å²) >= 11 is 0. The van der Waals surface area contributed by atoms with E-state index in [2.05, 4.69) is 11.3 Å². The summed E-state index contributed by atoms with van der Waals surface area (Å²) in [6, 6.07) is 5.77. The van der Waals surface area contributed by atoms with Crippen molar-refractivity contribution in [3.05, 3.63) is 36.7 Å². The molecular formula is C8H11N3O2S. The molecule has 0 saturated heterocycles. The number of hydrogen-bond acceptors (Lipinski definition) is 4. The normalized spacial score (nSPS) is 10.9. The van der Waals surface area contributed by atoms with Crippen molar-refractivity contribution in [2.24, 2.45) is 5.73 Å². The molecule has 0 spiro atoms. The van der Waals surface area contributed by atoms with Crippen LogP contribution >= 0.6 is 0 Å². The average molecular weight is 213 g/mol. The van der Waals surface area contributed by atoms with E-state index in [0.29, 0.717) is 5.69 Å². The molecule has 0 amide bonds. The Bertz CT molecular complexity index is 436. The lowest BCUT2D eigenvalue weighted by atomic mass is 10.3. The predicted molar refractivity (Wildman–Crippen MR) is 54.5 cm³/mol. The third-order valence-corrected chi connectivity index (χ3v) is 2.88. The molecule has 0 aliphatic carbocycles. The van der Waals surface area contributed by atoms with Crippen molar-refractivity contribution in [1.82, 2.24) is 4.72 Å². The fraction of sp³-hybridized carbons (Fsp3) is 0. The zero-order chi connectivity index (χ0) is 10.8. The Morgan fingerprint density at radius 2 is 1.79 bits per heavy atom. The quantitative estimate of drug-likeness (QED) is 0.614. The lowest BCUT2D eigenvalue weighted by Crippen LogP contribution is -2.26. The molecule has 0 aliphatic rings. The molecule has 0 aliphatic heterocycles. The highest BCUT2D eigenvalue weighted by Crippen LogP contribution is 2.11. The molecule has 0 bridgehead atoms. The van der Waals surface area contributed by atoms with E-state index in [1.54, 1.807) is 0 Å². The summed E-state index contributed by atoms with van der Waals surface area (Å²) in [5.74, 6) is -0.123. The van der Waals surface area contributed by atoms with Gasteiger partial charge in [0.2, 0.25) is 0 Å². The average Bonchev–Trinajstić information content (AvgIpc) is 2.02. The van der Waals surface area contributed by atoms with E-state index in [9.17, 15) is 8.42 Å². The fourth-order valence-corrected chi connectivity index (χ4v) is 1.84. The van der Waals surface area contributed by atoms with Gasteiger partial charge in [0.15, 0.2) is 0 Å². The first-order chi connectivity index (χ1) is 6.42. The number of nitrogens with one attached hydrogen (secondary N) is 1. The minimum Gasteiger partial charge on any atom is -0.399 e. The maximum absolute atomic E-state index is 11.5. The second-order valence-electron chi connectivity index (χ2n) is 2.70. The van der Waals surface area contributed by atoms with Gasteiger partial charge in [-0.15, -0.1) is 0 Å². The van der Waals surface area contributed by atoms with Crippen molar-refractivity contribution in [2.45, 2.75) is 4.90 Å². The molecule has 0 unspecified atom stereocenters. The Morgan fingerprint density at radius 3 is 2.21 bits per heavy atom. The van der Waals surface area contributed by atoms with Crippen molar-refractivity contribution in [3.8, 4) is 0 Å². The van der Waals surface area contributed by atoms with Crippen LogP contribution in [0.25, 0.3) is 0 Å². The zero-order valence-corrected chi connectivity index (χ0v) is 8.21. The largest absolute Gasteiger partial charge is 0.399 e. The Morgan fingerprint density at radius 1 is 1.29 bits per heavy atom. The number of nitrogens with two attached hydrogens (primary N) is 2. The van der Waals surface area contributed by atoms with Crippen LogP contribution in [0.3, 0.4) is 0 Å². The van der Waals surface area contributed by atoms with Gasteiger partial charge in [-0.2, -0.15) is 0 Å². The van der Waals surface area contributed by atoms with Gasteiger partial charge in [0.05, 0.1) is 4.90 Å². The van der Waals surface area contributed by atoms with Crippen molar-refractivity contribution in [3.63, 3.8) is 0 Å². The van der Waals surface area contributed by atoms with E-state index >= 15 is 0 Å². The van der Waals surface area contributed by atoms with E-state index < -0.39 is 10.0 Å². The summed E-state index contributed by atoms with van der Waals surface area (Å²) < 4.78 is 25.0. The molecule has 0 fully saturated rings. The van der Waals surface area contributed by atoms with Gasteiger partial charge < -0.3 is 11.5 Å². The van der Waals surface area contributed by atoms with Crippen molar-refractivity contribution in [2.75, 3.05) is 5.73 Å². The van der Waals surface area contributed by atoms with Crippen LogP contribution in [0.4, 0.5) is 5.69 Å². The van der Waals surface area contributed by atoms with Crippen LogP contribution in [0, 0.1) is 0 Å². The molecule has 0 aromatic heterocycles. The van der Waals surface area contributed by atoms with Gasteiger partial charge >= 0.3 is 0 Å². The monoisotopic (exact) mass is 213 g/mol. The molecule has 76 valence electrons. The van der Waals surface area contributed by atoms with Crippen LogP contribution < -0.4 is 16.2 Å². The van der Waals surface area contributed by atoms with Gasteiger partial charge in [0.25, 0.3) is 10.0 Å². The summed E-state index contributed by atoms with van der Waals surface area (Å²) in [6.07, 6.45) is 0. The van der Waals surface area contributed by atoms with E-state index in [1.807, 2.05) is 0 Å². The maximum atomic E-state index is 11.5. The fourth-order valence-electron chi connectivity index (χ4n) is 0.878. The molecule has 5 nitrogen and oxygen atoms in total. The highest BCUT2D eigenvalue weighted by atomic mass is 32.2. The molecule has 5 N–H and O–H groups in total. The lowest BCUT2D eigenvalue weighted by Gasteiger charge is -2.06. The number of benzene rings is 1. The van der Waals surface area contributed by atoms with Crippen LogP contribution in [-0.2, 0) is 10.0 Å². The summed E-state index contributed by atoms with van der Waals surface area (Å²) in [6.45, 7) is 3.25. The summed E-state index contributed by atoms with van der Waals surface area (Å²) in [7, 11) is -3.61. The Hall–Kier alpha value is -1.69. The number of anilines is 1. The van der Waals surface area contributed by atoms with E-state index in [4.69, 9.17) is 11.5 Å². The Balaban J connectivity index is 3.05. The van der Waals surface area contributed by atoms with Crippen molar-refractivity contribution >= 4 is 15.7 Å². The van der Waals surface area contributed by atoms with Gasteiger partial charge in [-0.1, -0.05) is 6.58 Å². The Kier molecular flexibility index (Phi) is 2.66. The summed E-state index contributed by atoms with van der Waals surface area (Å²) in [5, 5.41) is 0.